The van der Waals surface area contributed by atoms with Crippen LogP contribution in [-0.4, -0.2) is 70.1 Å². The van der Waals surface area contributed by atoms with Gasteiger partial charge in [-0.05, 0) is 31.2 Å². The number of nitrogens with two attached hydrogens (primary N) is 2. The summed E-state index contributed by atoms with van der Waals surface area (Å²) in [6.07, 6.45) is -1.13. The third-order valence-electron chi connectivity index (χ3n) is 5.79. The highest BCUT2D eigenvalue weighted by Gasteiger charge is 2.34. The van der Waals surface area contributed by atoms with Crippen LogP contribution in [0.4, 0.5) is 0 Å². The average Bonchev–Trinajstić information content (AvgIpc) is 2.82. The minimum absolute atomic E-state index is 0.209. The van der Waals surface area contributed by atoms with Gasteiger partial charge in [0.15, 0.2) is 0 Å². The maximum Gasteiger partial charge on any atom is 0.326 e. The second-order valence-electron chi connectivity index (χ2n) is 8.80. The Morgan fingerprint density at radius 2 is 1.47 bits per heavy atom. The molecule has 0 heterocycles. The van der Waals surface area contributed by atoms with Crippen molar-refractivity contribution in [1.82, 2.24) is 16.0 Å². The van der Waals surface area contributed by atoms with Crippen molar-refractivity contribution in [3.8, 4) is 0 Å². The summed E-state index contributed by atoms with van der Waals surface area (Å²) >= 11 is 0. The molecule has 200 valence electrons. The van der Waals surface area contributed by atoms with Gasteiger partial charge in [0, 0.05) is 6.42 Å². The molecule has 1 rings (SSSR count). The van der Waals surface area contributed by atoms with Gasteiger partial charge in [0.1, 0.15) is 18.1 Å². The highest BCUT2D eigenvalue weighted by molar-refractivity contribution is 5.94. The molecule has 12 nitrogen and oxygen atoms in total. The highest BCUT2D eigenvalue weighted by atomic mass is 16.4. The van der Waals surface area contributed by atoms with Gasteiger partial charge in [-0.1, -0.05) is 50.6 Å². The van der Waals surface area contributed by atoms with Crippen LogP contribution in [0.2, 0.25) is 0 Å². The molecular formula is C24H37N5O7. The molecule has 0 bridgehead atoms. The molecular weight excluding hydrogens is 470 g/mol. The Morgan fingerprint density at radius 1 is 0.917 bits per heavy atom. The Labute approximate surface area is 210 Å². The summed E-state index contributed by atoms with van der Waals surface area (Å²) in [6.45, 7) is 4.75. The van der Waals surface area contributed by atoms with E-state index < -0.39 is 65.8 Å². The number of hydrogen-bond acceptors (Lipinski definition) is 7. The molecule has 9 N–H and O–H groups in total. The van der Waals surface area contributed by atoms with Crippen molar-refractivity contribution in [3.05, 3.63) is 35.9 Å². The van der Waals surface area contributed by atoms with Gasteiger partial charge in [-0.2, -0.15) is 0 Å². The summed E-state index contributed by atoms with van der Waals surface area (Å²) in [4.78, 5) is 61.0. The summed E-state index contributed by atoms with van der Waals surface area (Å²) in [6, 6.07) is 4.06. The first kappa shape index (κ1) is 30.5. The number of hydrogen-bond donors (Lipinski definition) is 7. The number of primary amides is 1. The maximum atomic E-state index is 13.0. The van der Waals surface area contributed by atoms with Gasteiger partial charge in [-0.15, -0.1) is 0 Å². The predicted molar refractivity (Wildman–Crippen MR) is 131 cm³/mol. The van der Waals surface area contributed by atoms with Gasteiger partial charge in [0.2, 0.25) is 23.6 Å². The number of carbonyl (C=O) groups excluding carboxylic acids is 4. The summed E-state index contributed by atoms with van der Waals surface area (Å²) in [5.74, 6) is -4.79. The summed E-state index contributed by atoms with van der Waals surface area (Å²) in [5, 5.41) is 26.8. The van der Waals surface area contributed by atoms with Crippen molar-refractivity contribution in [2.45, 2.75) is 76.7 Å². The van der Waals surface area contributed by atoms with E-state index >= 15 is 0 Å². The molecule has 0 saturated heterocycles. The molecule has 6 unspecified atom stereocenters. The smallest absolute Gasteiger partial charge is 0.326 e. The number of rotatable bonds is 15. The monoisotopic (exact) mass is 507 g/mol. The zero-order valence-corrected chi connectivity index (χ0v) is 20.8. The second-order valence-corrected chi connectivity index (χ2v) is 8.80. The molecule has 0 aliphatic rings. The molecule has 0 aliphatic carbocycles. The van der Waals surface area contributed by atoms with Crippen LogP contribution in [0.1, 0.15) is 45.6 Å². The van der Waals surface area contributed by atoms with E-state index in [9.17, 15) is 34.2 Å². The van der Waals surface area contributed by atoms with Crippen LogP contribution in [-0.2, 0) is 30.4 Å². The van der Waals surface area contributed by atoms with Crippen LogP contribution < -0.4 is 27.4 Å². The first-order valence-corrected chi connectivity index (χ1v) is 11.8. The van der Waals surface area contributed by atoms with Crippen LogP contribution in [0.3, 0.4) is 0 Å². The van der Waals surface area contributed by atoms with Crippen molar-refractivity contribution in [1.29, 1.82) is 0 Å². The maximum absolute atomic E-state index is 13.0. The molecule has 0 saturated carbocycles. The van der Waals surface area contributed by atoms with Crippen molar-refractivity contribution in [3.63, 3.8) is 0 Å². The molecule has 0 spiro atoms. The fraction of sp³-hybridized carbons (Fsp3) is 0.542. The van der Waals surface area contributed by atoms with Crippen molar-refractivity contribution in [2.75, 3.05) is 0 Å². The lowest BCUT2D eigenvalue weighted by molar-refractivity contribution is -0.143. The lowest BCUT2D eigenvalue weighted by atomic mass is 9.96. The van der Waals surface area contributed by atoms with E-state index in [-0.39, 0.29) is 19.3 Å². The summed E-state index contributed by atoms with van der Waals surface area (Å²) < 4.78 is 0. The zero-order chi connectivity index (χ0) is 27.4. The summed E-state index contributed by atoms with van der Waals surface area (Å²) in [7, 11) is 0. The quantitative estimate of drug-likeness (QED) is 0.152. The van der Waals surface area contributed by atoms with E-state index in [1.165, 1.54) is 6.92 Å². The zero-order valence-electron chi connectivity index (χ0n) is 20.8. The average molecular weight is 508 g/mol. The van der Waals surface area contributed by atoms with Crippen molar-refractivity contribution >= 4 is 29.6 Å². The van der Waals surface area contributed by atoms with Crippen LogP contribution >= 0.6 is 0 Å². The minimum Gasteiger partial charge on any atom is -0.480 e. The molecule has 1 aromatic rings. The first-order valence-electron chi connectivity index (χ1n) is 11.8. The Bertz CT molecular complexity index is 909. The predicted octanol–water partition coefficient (Wildman–Crippen LogP) is -1.21. The number of aliphatic carboxylic acids is 1. The van der Waals surface area contributed by atoms with Gasteiger partial charge in [-0.25, -0.2) is 4.79 Å². The lowest BCUT2D eigenvalue weighted by Gasteiger charge is -2.29. The molecule has 12 heteroatoms. The normalized spacial score (nSPS) is 15.9. The van der Waals surface area contributed by atoms with Gasteiger partial charge in [0.25, 0.3) is 0 Å². The third kappa shape index (κ3) is 10.0. The standard InChI is InChI=1S/C24H37N5O7/c1-4-13(2)19(22(33)27-17(24(35)36)10-11-18(26)31)28-23(34)20(14(3)30)29-21(32)16(25)12-15-8-6-5-7-9-15/h5-9,13-14,16-17,19-20,30H,4,10-12,25H2,1-3H3,(H2,26,31)(H,27,33)(H,28,34)(H,29,32)(H,35,36). The van der Waals surface area contributed by atoms with E-state index in [1.807, 2.05) is 6.07 Å². The fourth-order valence-corrected chi connectivity index (χ4v) is 3.38. The fourth-order valence-electron chi connectivity index (χ4n) is 3.38. The van der Waals surface area contributed by atoms with E-state index in [4.69, 9.17) is 11.5 Å². The molecule has 0 radical (unpaired) electrons. The number of benzene rings is 1. The molecule has 36 heavy (non-hydrogen) atoms. The van der Waals surface area contributed by atoms with Gasteiger partial charge in [0.05, 0.1) is 12.1 Å². The largest absolute Gasteiger partial charge is 0.480 e. The SMILES string of the molecule is CCC(C)C(NC(=O)C(NC(=O)C(N)Cc1ccccc1)C(C)O)C(=O)NC(CCC(N)=O)C(=O)O. The summed E-state index contributed by atoms with van der Waals surface area (Å²) in [5.41, 5.74) is 11.9. The van der Waals surface area contributed by atoms with Crippen LogP contribution in [0.5, 0.6) is 0 Å². The molecule has 6 atom stereocenters. The highest BCUT2D eigenvalue weighted by Crippen LogP contribution is 2.11. The topological polar surface area (TPSA) is 214 Å². The van der Waals surface area contributed by atoms with Gasteiger partial charge >= 0.3 is 5.97 Å². The van der Waals surface area contributed by atoms with Crippen LogP contribution in [0, 0.1) is 5.92 Å². The van der Waals surface area contributed by atoms with Crippen LogP contribution in [0.25, 0.3) is 0 Å². The molecule has 4 amide bonds. The number of carboxylic acids is 1. The Kier molecular flexibility index (Phi) is 12.5. The minimum atomic E-state index is -1.41. The van der Waals surface area contributed by atoms with E-state index in [0.717, 1.165) is 5.56 Å². The molecule has 0 aromatic heterocycles. The number of carbonyl (C=O) groups is 5. The van der Waals surface area contributed by atoms with E-state index in [2.05, 4.69) is 16.0 Å². The van der Waals surface area contributed by atoms with E-state index in [0.29, 0.717) is 6.42 Å². The van der Waals surface area contributed by atoms with Crippen LogP contribution in [0.15, 0.2) is 30.3 Å². The van der Waals surface area contributed by atoms with Crippen molar-refractivity contribution in [2.24, 2.45) is 17.4 Å². The van der Waals surface area contributed by atoms with Crippen molar-refractivity contribution < 1.29 is 34.2 Å². The first-order chi connectivity index (χ1) is 16.9. The number of aliphatic hydroxyl groups excluding tert-OH is 1. The second kappa shape index (κ2) is 14.8. The third-order valence-corrected chi connectivity index (χ3v) is 5.79. The number of aliphatic hydroxyl groups is 1. The Hall–Kier alpha value is -3.51. The molecule has 1 aromatic carbocycles. The lowest BCUT2D eigenvalue weighted by Crippen LogP contribution is -2.61. The number of amides is 4. The number of carboxylic acid groups (broad SMARTS) is 1. The molecule has 0 aliphatic heterocycles. The number of nitrogens with one attached hydrogen (secondary N) is 3. The molecule has 0 fully saturated rings. The Morgan fingerprint density at radius 3 is 1.97 bits per heavy atom. The van der Waals surface area contributed by atoms with E-state index in [1.54, 1.807) is 38.1 Å². The van der Waals surface area contributed by atoms with Gasteiger partial charge in [-0.3, -0.25) is 19.2 Å². The van der Waals surface area contributed by atoms with Gasteiger partial charge < -0.3 is 37.6 Å². The Balaban J connectivity index is 2.94.